The number of rotatable bonds is 6. The molecule has 0 radical (unpaired) electrons. The van der Waals surface area contributed by atoms with Gasteiger partial charge in [0.25, 0.3) is 0 Å². The SMILES string of the molecule is C=C(N)/C=C1/C(C)N(C(=O)NC(=N)C23CCC(C(=O)COCC)(CC2)CC3)CCN1N. The maximum atomic E-state index is 13.0. The van der Waals surface area contributed by atoms with Gasteiger partial charge >= 0.3 is 6.03 Å². The zero-order valence-electron chi connectivity index (χ0n) is 18.7. The number of carbonyl (C=O) groups excluding carboxylic acids is 2. The monoisotopic (exact) mass is 432 g/mol. The third-order valence-corrected chi connectivity index (χ3v) is 7.44. The van der Waals surface area contributed by atoms with Crippen molar-refractivity contribution in [1.29, 1.82) is 5.41 Å². The fraction of sp³-hybridized carbons (Fsp3) is 0.682. The van der Waals surface area contributed by atoms with Crippen molar-refractivity contribution in [2.24, 2.45) is 22.4 Å². The molecule has 0 aromatic carbocycles. The molecule has 9 heteroatoms. The number of hydrogen-bond acceptors (Lipinski definition) is 7. The van der Waals surface area contributed by atoms with E-state index < -0.39 is 0 Å². The van der Waals surface area contributed by atoms with Crippen molar-refractivity contribution in [3.8, 4) is 0 Å². The topological polar surface area (TPSA) is 138 Å². The predicted octanol–water partition coefficient (Wildman–Crippen LogP) is 1.86. The molecule has 4 aliphatic rings. The number of nitrogens with zero attached hydrogens (tertiary/aromatic N) is 2. The van der Waals surface area contributed by atoms with E-state index in [4.69, 9.17) is 21.7 Å². The highest BCUT2D eigenvalue weighted by Crippen LogP contribution is 2.57. The summed E-state index contributed by atoms with van der Waals surface area (Å²) in [5.41, 5.74) is 6.13. The van der Waals surface area contributed by atoms with Gasteiger partial charge in [-0.15, -0.1) is 0 Å². The standard InChI is InChI=1S/C22H36N6O3/c1-4-31-14-18(29)21-5-8-22(9-6-21,10-7-21)19(24)26-20(30)27-11-12-28(25)17(16(27)3)13-15(2)23/h13,16H,2,4-12,14,23,25H2,1,3H3,(H2,24,26,30)/b17-13-. The van der Waals surface area contributed by atoms with Gasteiger partial charge in [-0.1, -0.05) is 6.58 Å². The van der Waals surface area contributed by atoms with Crippen LogP contribution in [0.4, 0.5) is 4.79 Å². The summed E-state index contributed by atoms with van der Waals surface area (Å²) in [6.07, 6.45) is 6.17. The summed E-state index contributed by atoms with van der Waals surface area (Å²) in [4.78, 5) is 27.4. The highest BCUT2D eigenvalue weighted by Gasteiger charge is 2.54. The van der Waals surface area contributed by atoms with E-state index in [0.29, 0.717) is 31.1 Å². The van der Waals surface area contributed by atoms with E-state index in [9.17, 15) is 9.59 Å². The smallest absolute Gasteiger partial charge is 0.323 e. The molecular weight excluding hydrogens is 396 g/mol. The zero-order chi connectivity index (χ0) is 22.8. The van der Waals surface area contributed by atoms with Gasteiger partial charge in [-0.25, -0.2) is 10.6 Å². The van der Waals surface area contributed by atoms with Gasteiger partial charge in [-0.05, 0) is 58.4 Å². The van der Waals surface area contributed by atoms with Crippen molar-refractivity contribution in [2.45, 2.75) is 58.4 Å². The van der Waals surface area contributed by atoms with E-state index in [1.54, 1.807) is 16.0 Å². The molecule has 1 aliphatic heterocycles. The van der Waals surface area contributed by atoms with Crippen LogP contribution in [0.15, 0.2) is 24.0 Å². The van der Waals surface area contributed by atoms with Crippen molar-refractivity contribution in [1.82, 2.24) is 15.2 Å². The van der Waals surface area contributed by atoms with Crippen molar-refractivity contribution >= 4 is 17.6 Å². The van der Waals surface area contributed by atoms with Gasteiger partial charge < -0.3 is 20.4 Å². The molecule has 31 heavy (non-hydrogen) atoms. The molecule has 1 saturated heterocycles. The first-order valence-corrected chi connectivity index (χ1v) is 11.1. The molecule has 2 amide bonds. The average molecular weight is 433 g/mol. The van der Waals surface area contributed by atoms with Gasteiger partial charge in [0.15, 0.2) is 5.78 Å². The van der Waals surface area contributed by atoms with E-state index in [1.165, 1.54) is 0 Å². The lowest BCUT2D eigenvalue weighted by atomic mass is 9.52. The number of amidine groups is 1. The summed E-state index contributed by atoms with van der Waals surface area (Å²) in [6.45, 7) is 9.10. The Kier molecular flexibility index (Phi) is 6.76. The fourth-order valence-corrected chi connectivity index (χ4v) is 5.25. The average Bonchev–Trinajstić information content (AvgIpc) is 2.75. The number of ketones is 1. The minimum atomic E-state index is -0.355. The number of carbonyl (C=O) groups is 2. The lowest BCUT2D eigenvalue weighted by Crippen LogP contribution is -2.60. The van der Waals surface area contributed by atoms with E-state index in [-0.39, 0.29) is 41.1 Å². The molecule has 9 nitrogen and oxygen atoms in total. The lowest BCUT2D eigenvalue weighted by Gasteiger charge is -2.52. The first-order chi connectivity index (χ1) is 14.6. The number of piperazine rings is 1. The Morgan fingerprint density at radius 3 is 2.35 bits per heavy atom. The lowest BCUT2D eigenvalue weighted by molar-refractivity contribution is -0.140. The van der Waals surface area contributed by atoms with Gasteiger partial charge in [0.05, 0.1) is 18.3 Å². The minimum Gasteiger partial charge on any atom is -0.399 e. The van der Waals surface area contributed by atoms with Crippen molar-refractivity contribution in [3.05, 3.63) is 24.0 Å². The molecule has 2 bridgehead atoms. The van der Waals surface area contributed by atoms with Gasteiger partial charge in [-0.3, -0.25) is 15.5 Å². The number of hydrazine groups is 1. The number of nitrogens with two attached hydrogens (primary N) is 2. The van der Waals surface area contributed by atoms with E-state index in [2.05, 4.69) is 11.9 Å². The van der Waals surface area contributed by atoms with Gasteiger partial charge in [0.1, 0.15) is 12.4 Å². The second kappa shape index (κ2) is 9.00. The third-order valence-electron chi connectivity index (χ3n) is 7.44. The molecule has 1 unspecified atom stereocenters. The number of Topliss-reactive ketones (excluding diaryl/α,β-unsaturated/α-hetero) is 1. The Labute approximate surface area is 184 Å². The van der Waals surface area contributed by atoms with Crippen molar-refractivity contribution < 1.29 is 14.3 Å². The number of nitrogens with one attached hydrogen (secondary N) is 2. The molecule has 1 atom stereocenters. The van der Waals surface area contributed by atoms with E-state index >= 15 is 0 Å². The summed E-state index contributed by atoms with van der Waals surface area (Å²) in [7, 11) is 0. The van der Waals surface area contributed by atoms with Gasteiger partial charge in [0.2, 0.25) is 0 Å². The normalized spacial score (nSPS) is 31.6. The molecular formula is C22H36N6O3. The zero-order valence-corrected chi connectivity index (χ0v) is 18.7. The summed E-state index contributed by atoms with van der Waals surface area (Å²) >= 11 is 0. The second-order valence-corrected chi connectivity index (χ2v) is 9.13. The van der Waals surface area contributed by atoms with Crippen LogP contribution >= 0.6 is 0 Å². The summed E-state index contributed by atoms with van der Waals surface area (Å²) in [5.74, 6) is 6.50. The van der Waals surface area contributed by atoms with Gasteiger partial charge in [0, 0.05) is 29.7 Å². The number of hydrogen-bond donors (Lipinski definition) is 4. The van der Waals surface area contributed by atoms with Crippen LogP contribution in [0.2, 0.25) is 0 Å². The Hall–Kier alpha value is -2.39. The van der Waals surface area contributed by atoms with Crippen LogP contribution in [0, 0.1) is 16.2 Å². The van der Waals surface area contributed by atoms with Crippen LogP contribution in [0.5, 0.6) is 0 Å². The predicted molar refractivity (Wildman–Crippen MR) is 119 cm³/mol. The van der Waals surface area contributed by atoms with E-state index in [1.807, 2.05) is 13.8 Å². The summed E-state index contributed by atoms with van der Waals surface area (Å²) in [5, 5.41) is 13.1. The number of ether oxygens (including phenoxy) is 1. The van der Waals surface area contributed by atoms with Crippen LogP contribution in [0.1, 0.15) is 52.4 Å². The molecule has 0 aromatic rings. The van der Waals surface area contributed by atoms with E-state index in [0.717, 1.165) is 38.5 Å². The summed E-state index contributed by atoms with van der Waals surface area (Å²) in [6, 6.07) is -0.589. The third kappa shape index (κ3) is 4.48. The maximum absolute atomic E-state index is 13.0. The Morgan fingerprint density at radius 2 is 1.81 bits per heavy atom. The quantitative estimate of drug-likeness (QED) is 0.287. The second-order valence-electron chi connectivity index (χ2n) is 9.13. The fourth-order valence-electron chi connectivity index (χ4n) is 5.25. The molecule has 172 valence electrons. The molecule has 3 saturated carbocycles. The highest BCUT2D eigenvalue weighted by atomic mass is 16.5. The molecule has 0 spiro atoms. The van der Waals surface area contributed by atoms with Crippen LogP contribution in [0.3, 0.4) is 0 Å². The Morgan fingerprint density at radius 1 is 1.23 bits per heavy atom. The number of amides is 2. The maximum Gasteiger partial charge on any atom is 0.323 e. The molecule has 4 rings (SSSR count). The first-order valence-electron chi connectivity index (χ1n) is 11.1. The number of fused-ring (bicyclic) bond motifs is 3. The molecule has 0 aromatic heterocycles. The highest BCUT2D eigenvalue weighted by molar-refractivity contribution is 5.99. The van der Waals surface area contributed by atoms with Crippen LogP contribution in [-0.4, -0.2) is 59.9 Å². The number of allylic oxidation sites excluding steroid dienone is 1. The molecule has 6 N–H and O–H groups in total. The minimum absolute atomic E-state index is 0.174. The van der Waals surface area contributed by atoms with Crippen LogP contribution in [-0.2, 0) is 9.53 Å². The van der Waals surface area contributed by atoms with Gasteiger partial charge in [-0.2, -0.15) is 0 Å². The summed E-state index contributed by atoms with van der Waals surface area (Å²) < 4.78 is 5.35. The largest absolute Gasteiger partial charge is 0.399 e. The van der Waals surface area contributed by atoms with Crippen molar-refractivity contribution in [2.75, 3.05) is 26.3 Å². The Bertz CT molecular complexity index is 768. The number of urea groups is 1. The molecule has 1 heterocycles. The van der Waals surface area contributed by atoms with Crippen LogP contribution < -0.4 is 16.9 Å². The van der Waals surface area contributed by atoms with Crippen LogP contribution in [0.25, 0.3) is 0 Å². The first kappa shape index (κ1) is 23.3. The van der Waals surface area contributed by atoms with Crippen molar-refractivity contribution in [3.63, 3.8) is 0 Å². The molecule has 4 fully saturated rings. The molecule has 3 aliphatic carbocycles. The Balaban J connectivity index is 1.63.